The molecule has 106 valence electrons. The lowest BCUT2D eigenvalue weighted by molar-refractivity contribution is 0.416. The Labute approximate surface area is 121 Å². The fourth-order valence-electron chi connectivity index (χ4n) is 2.52. The molecule has 0 fully saturated rings. The van der Waals surface area contributed by atoms with E-state index in [1.165, 1.54) is 27.8 Å². The highest BCUT2D eigenvalue weighted by atomic mass is 16.5. The maximum Gasteiger partial charge on any atom is 0.127 e. The van der Waals surface area contributed by atoms with Crippen LogP contribution in [0.5, 0.6) is 5.75 Å². The SMILES string of the molecule is CCNCc1ccc(-c2c(C)cc(C)cc2OC)cc1. The van der Waals surface area contributed by atoms with Crippen LogP contribution in [0.15, 0.2) is 36.4 Å². The molecule has 20 heavy (non-hydrogen) atoms. The van der Waals surface area contributed by atoms with Crippen LogP contribution < -0.4 is 10.1 Å². The number of aryl methyl sites for hydroxylation is 2. The third-order valence-corrected chi connectivity index (χ3v) is 3.49. The van der Waals surface area contributed by atoms with Crippen molar-refractivity contribution < 1.29 is 4.74 Å². The van der Waals surface area contributed by atoms with Gasteiger partial charge < -0.3 is 10.1 Å². The summed E-state index contributed by atoms with van der Waals surface area (Å²) in [5, 5.41) is 3.34. The van der Waals surface area contributed by atoms with Gasteiger partial charge in [-0.1, -0.05) is 37.3 Å². The minimum Gasteiger partial charge on any atom is -0.496 e. The average Bonchev–Trinajstić information content (AvgIpc) is 2.45. The zero-order valence-corrected chi connectivity index (χ0v) is 12.8. The molecule has 2 heteroatoms. The van der Waals surface area contributed by atoms with Crippen LogP contribution in [-0.2, 0) is 6.54 Å². The first-order valence-electron chi connectivity index (χ1n) is 7.11. The van der Waals surface area contributed by atoms with Gasteiger partial charge in [-0.2, -0.15) is 0 Å². The van der Waals surface area contributed by atoms with E-state index in [-0.39, 0.29) is 0 Å². The number of rotatable bonds is 5. The van der Waals surface area contributed by atoms with Gasteiger partial charge in [-0.05, 0) is 48.7 Å². The van der Waals surface area contributed by atoms with Crippen LogP contribution in [0, 0.1) is 13.8 Å². The molecule has 1 N–H and O–H groups in total. The molecule has 0 aliphatic carbocycles. The molecule has 0 heterocycles. The minimum atomic E-state index is 0.917. The van der Waals surface area contributed by atoms with Crippen molar-refractivity contribution in [3.05, 3.63) is 53.1 Å². The van der Waals surface area contributed by atoms with Crippen molar-refractivity contribution in [2.75, 3.05) is 13.7 Å². The molecule has 0 atom stereocenters. The van der Waals surface area contributed by atoms with E-state index in [1.807, 2.05) is 0 Å². The van der Waals surface area contributed by atoms with Crippen molar-refractivity contribution in [1.29, 1.82) is 0 Å². The topological polar surface area (TPSA) is 21.3 Å². The molecule has 0 amide bonds. The van der Waals surface area contributed by atoms with Crippen LogP contribution in [0.25, 0.3) is 11.1 Å². The molecule has 0 saturated carbocycles. The van der Waals surface area contributed by atoms with Gasteiger partial charge >= 0.3 is 0 Å². The molecule has 0 saturated heterocycles. The Balaban J connectivity index is 2.36. The molecule has 0 aliphatic heterocycles. The Hall–Kier alpha value is -1.80. The van der Waals surface area contributed by atoms with E-state index in [0.717, 1.165) is 18.8 Å². The van der Waals surface area contributed by atoms with Gasteiger partial charge in [-0.15, -0.1) is 0 Å². The molecule has 2 rings (SSSR count). The van der Waals surface area contributed by atoms with E-state index in [4.69, 9.17) is 4.74 Å². The molecule has 2 aromatic carbocycles. The van der Waals surface area contributed by atoms with Gasteiger partial charge in [0.05, 0.1) is 7.11 Å². The van der Waals surface area contributed by atoms with Gasteiger partial charge in [0.2, 0.25) is 0 Å². The second kappa shape index (κ2) is 6.58. The van der Waals surface area contributed by atoms with Crippen molar-refractivity contribution in [2.45, 2.75) is 27.3 Å². The summed E-state index contributed by atoms with van der Waals surface area (Å²) in [6.45, 7) is 8.26. The highest BCUT2D eigenvalue weighted by molar-refractivity contribution is 5.74. The molecule has 0 spiro atoms. The Morgan fingerprint density at radius 2 is 1.75 bits per heavy atom. The van der Waals surface area contributed by atoms with Crippen molar-refractivity contribution in [3.63, 3.8) is 0 Å². The smallest absolute Gasteiger partial charge is 0.127 e. The van der Waals surface area contributed by atoms with E-state index in [1.54, 1.807) is 7.11 Å². The number of hydrogen-bond donors (Lipinski definition) is 1. The summed E-state index contributed by atoms with van der Waals surface area (Å²) >= 11 is 0. The zero-order chi connectivity index (χ0) is 14.5. The summed E-state index contributed by atoms with van der Waals surface area (Å²) in [5.41, 5.74) is 6.18. The molecule has 0 bridgehead atoms. The van der Waals surface area contributed by atoms with Gasteiger partial charge in [0.1, 0.15) is 5.75 Å². The highest BCUT2D eigenvalue weighted by Gasteiger charge is 2.10. The fourth-order valence-corrected chi connectivity index (χ4v) is 2.52. The van der Waals surface area contributed by atoms with Crippen molar-refractivity contribution in [1.82, 2.24) is 5.32 Å². The molecule has 0 radical (unpaired) electrons. The first-order chi connectivity index (χ1) is 9.65. The Morgan fingerprint density at radius 1 is 1.05 bits per heavy atom. The zero-order valence-electron chi connectivity index (χ0n) is 12.8. The summed E-state index contributed by atoms with van der Waals surface area (Å²) in [6.07, 6.45) is 0. The number of ether oxygens (including phenoxy) is 1. The second-order valence-corrected chi connectivity index (χ2v) is 5.14. The monoisotopic (exact) mass is 269 g/mol. The van der Waals surface area contributed by atoms with E-state index in [0.29, 0.717) is 0 Å². The van der Waals surface area contributed by atoms with Crippen molar-refractivity contribution in [2.24, 2.45) is 0 Å². The van der Waals surface area contributed by atoms with E-state index >= 15 is 0 Å². The van der Waals surface area contributed by atoms with E-state index < -0.39 is 0 Å². The molecule has 0 unspecified atom stereocenters. The lowest BCUT2D eigenvalue weighted by Gasteiger charge is -2.14. The Kier molecular flexibility index (Phi) is 4.80. The largest absolute Gasteiger partial charge is 0.496 e. The van der Waals surface area contributed by atoms with Crippen LogP contribution in [0.2, 0.25) is 0 Å². The van der Waals surface area contributed by atoms with Gasteiger partial charge in [0.25, 0.3) is 0 Å². The van der Waals surface area contributed by atoms with E-state index in [2.05, 4.69) is 62.5 Å². The summed E-state index contributed by atoms with van der Waals surface area (Å²) in [7, 11) is 1.73. The van der Waals surface area contributed by atoms with E-state index in [9.17, 15) is 0 Å². The first-order valence-corrected chi connectivity index (χ1v) is 7.11. The number of benzene rings is 2. The third kappa shape index (κ3) is 3.20. The summed E-state index contributed by atoms with van der Waals surface area (Å²) in [5.74, 6) is 0.946. The molecule has 0 aromatic heterocycles. The van der Waals surface area contributed by atoms with Gasteiger partial charge in [-0.3, -0.25) is 0 Å². The summed E-state index contributed by atoms with van der Waals surface area (Å²) in [6, 6.07) is 13.0. The fraction of sp³-hybridized carbons (Fsp3) is 0.333. The van der Waals surface area contributed by atoms with Gasteiger partial charge in [0, 0.05) is 12.1 Å². The standard InChI is InChI=1S/C18H23NO/c1-5-19-12-15-6-8-16(9-7-15)18-14(3)10-13(2)11-17(18)20-4/h6-11,19H,5,12H2,1-4H3. The highest BCUT2D eigenvalue weighted by Crippen LogP contribution is 2.34. The van der Waals surface area contributed by atoms with Crippen molar-refractivity contribution >= 4 is 0 Å². The van der Waals surface area contributed by atoms with Gasteiger partial charge in [0.15, 0.2) is 0 Å². The Morgan fingerprint density at radius 3 is 2.35 bits per heavy atom. The minimum absolute atomic E-state index is 0.917. The number of hydrogen-bond acceptors (Lipinski definition) is 2. The maximum absolute atomic E-state index is 5.54. The normalized spacial score (nSPS) is 10.6. The molecule has 2 aromatic rings. The predicted octanol–water partition coefficient (Wildman–Crippen LogP) is 4.09. The van der Waals surface area contributed by atoms with Crippen LogP contribution in [0.4, 0.5) is 0 Å². The van der Waals surface area contributed by atoms with Gasteiger partial charge in [-0.25, -0.2) is 0 Å². The molecular formula is C18H23NO. The lowest BCUT2D eigenvalue weighted by atomic mass is 9.96. The van der Waals surface area contributed by atoms with Crippen molar-refractivity contribution in [3.8, 4) is 16.9 Å². The second-order valence-electron chi connectivity index (χ2n) is 5.14. The Bertz CT molecular complexity index is 573. The van der Waals surface area contributed by atoms with Crippen LogP contribution in [0.3, 0.4) is 0 Å². The van der Waals surface area contributed by atoms with Crippen LogP contribution >= 0.6 is 0 Å². The number of nitrogens with one attached hydrogen (secondary N) is 1. The number of methoxy groups -OCH3 is 1. The average molecular weight is 269 g/mol. The molecule has 0 aliphatic rings. The summed E-state index contributed by atoms with van der Waals surface area (Å²) in [4.78, 5) is 0. The predicted molar refractivity (Wildman–Crippen MR) is 85.3 cm³/mol. The summed E-state index contributed by atoms with van der Waals surface area (Å²) < 4.78 is 5.54. The first kappa shape index (κ1) is 14.6. The lowest BCUT2D eigenvalue weighted by Crippen LogP contribution is -2.11. The van der Waals surface area contributed by atoms with Crippen LogP contribution in [0.1, 0.15) is 23.6 Å². The molecular weight excluding hydrogens is 246 g/mol. The van der Waals surface area contributed by atoms with Crippen LogP contribution in [-0.4, -0.2) is 13.7 Å². The quantitative estimate of drug-likeness (QED) is 0.882. The third-order valence-electron chi connectivity index (χ3n) is 3.49. The maximum atomic E-state index is 5.54. The molecule has 2 nitrogen and oxygen atoms in total.